The third-order valence-corrected chi connectivity index (χ3v) is 11.5. The summed E-state index contributed by atoms with van der Waals surface area (Å²) in [6.07, 6.45) is 9.50. The van der Waals surface area contributed by atoms with E-state index in [0.29, 0.717) is 36.3 Å². The van der Waals surface area contributed by atoms with E-state index >= 15 is 0 Å². The molecule has 2 heterocycles. The summed E-state index contributed by atoms with van der Waals surface area (Å²) in [5, 5.41) is 21.5. The number of para-hydroxylation sites is 1. The van der Waals surface area contributed by atoms with Crippen molar-refractivity contribution in [2.45, 2.75) is 117 Å². The quantitative estimate of drug-likeness (QED) is 0.400. The molecule has 42 heavy (non-hydrogen) atoms. The molecule has 4 aliphatic rings. The van der Waals surface area contributed by atoms with E-state index in [1.54, 1.807) is 21.5 Å². The Hall–Kier alpha value is -2.64. The number of hydrogen-bond acceptors (Lipinski definition) is 4. The minimum absolute atomic E-state index is 0.154. The van der Waals surface area contributed by atoms with Gasteiger partial charge < -0.3 is 10.2 Å². The number of aliphatic hydroxyl groups excluding tert-OH is 2. The van der Waals surface area contributed by atoms with E-state index < -0.39 is 18.2 Å². The molecular weight excluding hydrogens is 526 g/mol. The molecule has 2 fully saturated rings. The lowest BCUT2D eigenvalue weighted by atomic mass is 9.59. The number of benzene rings is 1. The second-order valence-corrected chi connectivity index (χ2v) is 14.5. The molecule has 0 spiro atoms. The summed E-state index contributed by atoms with van der Waals surface area (Å²) in [6, 6.07) is 8.52. The molecule has 0 saturated heterocycles. The second-order valence-electron chi connectivity index (χ2n) is 14.5. The van der Waals surface area contributed by atoms with Gasteiger partial charge in [0.2, 0.25) is 0 Å². The van der Waals surface area contributed by atoms with Crippen LogP contribution in [0.15, 0.2) is 62.7 Å². The summed E-state index contributed by atoms with van der Waals surface area (Å²) in [5.74, 6) is 2.39. The first-order valence-electron chi connectivity index (χ1n) is 16.3. The molecule has 1 aromatic carbocycles. The number of hydrogen-bond donors (Lipinski definition) is 2. The van der Waals surface area contributed by atoms with E-state index in [1.165, 1.54) is 35.8 Å². The zero-order valence-corrected chi connectivity index (χ0v) is 26.0. The van der Waals surface area contributed by atoms with Crippen LogP contribution >= 0.6 is 0 Å². The maximum absolute atomic E-state index is 14.2. The molecule has 3 aliphatic carbocycles. The maximum Gasteiger partial charge on any atom is 0.352 e. The van der Waals surface area contributed by atoms with Gasteiger partial charge in [-0.2, -0.15) is 0 Å². The number of rotatable bonds is 7. The van der Waals surface area contributed by atoms with Crippen LogP contribution in [0.3, 0.4) is 0 Å². The van der Waals surface area contributed by atoms with E-state index in [9.17, 15) is 19.8 Å². The van der Waals surface area contributed by atoms with Gasteiger partial charge in [0.1, 0.15) is 0 Å². The number of aliphatic hydroxyl groups is 2. The van der Waals surface area contributed by atoms with Crippen LogP contribution < -0.4 is 11.4 Å². The van der Waals surface area contributed by atoms with Gasteiger partial charge in [0.05, 0.1) is 30.0 Å². The first-order valence-corrected chi connectivity index (χ1v) is 16.3. The average molecular weight is 576 g/mol. The topological polar surface area (TPSA) is 89.4 Å². The van der Waals surface area contributed by atoms with Crippen molar-refractivity contribution in [1.82, 2.24) is 13.9 Å². The van der Waals surface area contributed by atoms with Crippen LogP contribution in [-0.4, -0.2) is 36.4 Å². The van der Waals surface area contributed by atoms with Crippen molar-refractivity contribution in [3.8, 4) is 5.69 Å². The Balaban J connectivity index is 1.46. The molecule has 7 heteroatoms. The van der Waals surface area contributed by atoms with Gasteiger partial charge in [-0.3, -0.25) is 0 Å². The third kappa shape index (κ3) is 4.71. The van der Waals surface area contributed by atoms with Crippen molar-refractivity contribution < 1.29 is 10.2 Å². The standard InChI is InChI=1S/C35H49N3O4/c1-21(2)10-9-11-22(3)28-14-15-29-27-20-31(26-18-25(39)19-32(40)23(26)4)38-34(42)36(24-12-7-6-8-13-24)33(41)37(38)30(27)16-17-35(28,29)5/h6-8,12-13,20-22,25,28-32,39-40H,9-11,14-19H2,1-5H3/t22-,25+,28+,29-,30+,31+,32-,35+/m0/s1. The molecule has 6 rings (SSSR count). The molecule has 1 aromatic heterocycles. The lowest BCUT2D eigenvalue weighted by Crippen LogP contribution is -2.46. The zero-order valence-electron chi connectivity index (χ0n) is 26.0. The Morgan fingerprint density at radius 3 is 2.40 bits per heavy atom. The number of fused-ring (bicyclic) bond motifs is 5. The Labute approximate surface area is 249 Å². The van der Waals surface area contributed by atoms with E-state index in [1.807, 2.05) is 25.1 Å². The highest BCUT2D eigenvalue weighted by atomic mass is 16.3. The predicted molar refractivity (Wildman–Crippen MR) is 166 cm³/mol. The van der Waals surface area contributed by atoms with Crippen molar-refractivity contribution in [1.29, 1.82) is 0 Å². The van der Waals surface area contributed by atoms with Gasteiger partial charge in [0, 0.05) is 6.42 Å². The Kier molecular flexibility index (Phi) is 7.80. The lowest BCUT2D eigenvalue weighted by Gasteiger charge is -2.49. The maximum atomic E-state index is 14.2. The molecule has 2 aromatic rings. The zero-order chi connectivity index (χ0) is 29.9. The van der Waals surface area contributed by atoms with Crippen molar-refractivity contribution in [3.05, 3.63) is 74.1 Å². The SMILES string of the molecule is CC1=C([C@H]2C=C3[C@@H](CC[C@]4(C)[C@@H]([C@@H](C)CCCC(C)C)CC[C@@H]34)n3c(=O)n(-c4ccccc4)c(=O)n32)C[C@@H](O)C[C@@H]1O. The van der Waals surface area contributed by atoms with Gasteiger partial charge in [0.25, 0.3) is 0 Å². The van der Waals surface area contributed by atoms with Crippen LogP contribution in [0, 0.1) is 29.1 Å². The number of allylic oxidation sites excluding steroid dienone is 2. The fourth-order valence-corrected chi connectivity index (χ4v) is 9.30. The fraction of sp³-hybridized carbons (Fsp3) is 0.657. The Bertz CT molecular complexity index is 1490. The summed E-state index contributed by atoms with van der Waals surface area (Å²) in [6.45, 7) is 11.5. The first-order chi connectivity index (χ1) is 20.0. The normalized spacial score (nSPS) is 33.3. The van der Waals surface area contributed by atoms with Gasteiger partial charge in [0.15, 0.2) is 0 Å². The largest absolute Gasteiger partial charge is 0.393 e. The van der Waals surface area contributed by atoms with Gasteiger partial charge in [-0.25, -0.2) is 23.5 Å². The van der Waals surface area contributed by atoms with Gasteiger partial charge in [-0.1, -0.05) is 71.2 Å². The molecule has 2 N–H and O–H groups in total. The molecular formula is C35H49N3O4. The van der Waals surface area contributed by atoms with E-state index in [2.05, 4.69) is 33.8 Å². The molecule has 228 valence electrons. The summed E-state index contributed by atoms with van der Waals surface area (Å²) < 4.78 is 4.68. The van der Waals surface area contributed by atoms with Crippen molar-refractivity contribution in [2.75, 3.05) is 0 Å². The van der Waals surface area contributed by atoms with E-state index in [4.69, 9.17) is 0 Å². The molecule has 0 unspecified atom stereocenters. The molecule has 2 saturated carbocycles. The summed E-state index contributed by atoms with van der Waals surface area (Å²) in [7, 11) is 0. The van der Waals surface area contributed by atoms with Crippen LogP contribution in [0.4, 0.5) is 0 Å². The average Bonchev–Trinajstić information content (AvgIpc) is 3.44. The van der Waals surface area contributed by atoms with Crippen LogP contribution in [0.2, 0.25) is 0 Å². The van der Waals surface area contributed by atoms with Crippen molar-refractivity contribution in [3.63, 3.8) is 0 Å². The third-order valence-electron chi connectivity index (χ3n) is 11.5. The summed E-state index contributed by atoms with van der Waals surface area (Å²) in [4.78, 5) is 28.3. The molecule has 0 amide bonds. The summed E-state index contributed by atoms with van der Waals surface area (Å²) in [5.41, 5.74) is 3.01. The van der Waals surface area contributed by atoms with Crippen LogP contribution in [0.5, 0.6) is 0 Å². The van der Waals surface area contributed by atoms with Gasteiger partial charge in [-0.15, -0.1) is 0 Å². The highest BCUT2D eigenvalue weighted by Crippen LogP contribution is 2.62. The van der Waals surface area contributed by atoms with Crippen LogP contribution in [0.25, 0.3) is 5.69 Å². The molecule has 0 bridgehead atoms. The van der Waals surface area contributed by atoms with Crippen LogP contribution in [0.1, 0.15) is 104 Å². The monoisotopic (exact) mass is 575 g/mol. The van der Waals surface area contributed by atoms with E-state index in [0.717, 1.165) is 36.3 Å². The first kappa shape index (κ1) is 29.4. The molecule has 8 atom stereocenters. The number of nitrogens with zero attached hydrogens (tertiary/aromatic N) is 3. The highest BCUT2D eigenvalue weighted by molar-refractivity contribution is 5.37. The van der Waals surface area contributed by atoms with Gasteiger partial charge >= 0.3 is 11.4 Å². The van der Waals surface area contributed by atoms with E-state index in [-0.39, 0.29) is 22.8 Å². The van der Waals surface area contributed by atoms with Gasteiger partial charge in [-0.05, 0) is 97.0 Å². The fourth-order valence-electron chi connectivity index (χ4n) is 9.30. The molecule has 1 aliphatic heterocycles. The predicted octanol–water partition coefficient (Wildman–Crippen LogP) is 5.94. The lowest BCUT2D eigenvalue weighted by molar-refractivity contribution is 0.0677. The summed E-state index contributed by atoms with van der Waals surface area (Å²) >= 11 is 0. The smallest absolute Gasteiger partial charge is 0.352 e. The number of aromatic nitrogens is 3. The molecule has 0 radical (unpaired) electrons. The Morgan fingerprint density at radius 1 is 0.976 bits per heavy atom. The van der Waals surface area contributed by atoms with Crippen molar-refractivity contribution >= 4 is 0 Å². The minimum atomic E-state index is -0.758. The molecule has 7 nitrogen and oxygen atoms in total. The van der Waals surface area contributed by atoms with Crippen LogP contribution in [-0.2, 0) is 0 Å². The van der Waals surface area contributed by atoms with Crippen molar-refractivity contribution in [2.24, 2.45) is 29.1 Å². The Morgan fingerprint density at radius 2 is 1.69 bits per heavy atom. The second kappa shape index (κ2) is 11.1. The minimum Gasteiger partial charge on any atom is -0.393 e. The highest BCUT2D eigenvalue weighted by Gasteiger charge is 2.55.